The first-order chi connectivity index (χ1) is 6.00. The van der Waals surface area contributed by atoms with Gasteiger partial charge in [0.2, 0.25) is 5.95 Å². The Balaban J connectivity index is 3.11. The van der Waals surface area contributed by atoms with E-state index >= 15 is 0 Å². The Morgan fingerprint density at radius 3 is 1.54 bits per heavy atom. The van der Waals surface area contributed by atoms with Crippen molar-refractivity contribution >= 4 is 78.7 Å². The minimum atomic E-state index is -0.964. The Kier molecular flexibility index (Phi) is 4.89. The van der Waals surface area contributed by atoms with Gasteiger partial charge in [-0.2, -0.15) is 9.97 Å². The topological polar surface area (TPSA) is 64.7 Å². The van der Waals surface area contributed by atoms with Gasteiger partial charge < -0.3 is 5.73 Å². The summed E-state index contributed by atoms with van der Waals surface area (Å²) in [7, 11) is 0. The van der Waals surface area contributed by atoms with Gasteiger partial charge in [0.1, 0.15) is 0 Å². The van der Waals surface area contributed by atoms with E-state index in [0.29, 0.717) is 11.1 Å². The molecule has 0 aliphatic heterocycles. The summed E-state index contributed by atoms with van der Waals surface area (Å²) < 4.78 is 0. The lowest BCUT2D eigenvalue weighted by Crippen LogP contribution is -2.23. The van der Waals surface area contributed by atoms with E-state index in [0.717, 1.165) is 0 Å². The smallest absolute Gasteiger partial charge is 0.224 e. The molecule has 0 unspecified atom stereocenters. The summed E-state index contributed by atoms with van der Waals surface area (Å²) in [5.41, 5.74) is 6.43. The van der Waals surface area contributed by atoms with Crippen LogP contribution in [0.3, 0.4) is 0 Å². The Morgan fingerprint density at radius 2 is 1.23 bits per heavy atom. The average molecular weight is 288 g/mol. The van der Waals surface area contributed by atoms with Crippen molar-refractivity contribution in [3.8, 4) is 0 Å². The van der Waals surface area contributed by atoms with Crippen LogP contribution in [0.2, 0.25) is 0 Å². The third-order valence-electron chi connectivity index (χ3n) is 0.987. The van der Waals surface area contributed by atoms with E-state index in [2.05, 4.69) is 63.9 Å². The first-order valence-corrected chi connectivity index (χ1v) is 10.2. The number of aromatic nitrogens is 3. The van der Waals surface area contributed by atoms with Crippen LogP contribution in [0, 0.1) is 0 Å². The molecule has 0 fully saturated rings. The van der Waals surface area contributed by atoms with Crippen molar-refractivity contribution in [1.29, 1.82) is 0 Å². The Labute approximate surface area is 99.0 Å². The number of hydrogen-bond donors (Lipinski definition) is 5. The zero-order chi connectivity index (χ0) is 10.0. The van der Waals surface area contributed by atoms with Crippen molar-refractivity contribution in [3.05, 3.63) is 0 Å². The number of rotatable bonds is 2. The van der Waals surface area contributed by atoms with E-state index in [4.69, 9.17) is 5.73 Å². The fraction of sp³-hybridized carbons (Fsp3) is 0. The van der Waals surface area contributed by atoms with Crippen molar-refractivity contribution in [2.45, 2.75) is 0 Å². The van der Waals surface area contributed by atoms with Gasteiger partial charge in [-0.1, -0.05) is 0 Å². The highest BCUT2D eigenvalue weighted by atomic mass is 33.1. The number of hydrogen-bond acceptors (Lipinski definition) is 8. The van der Waals surface area contributed by atoms with E-state index in [1.54, 1.807) is 0 Å². The SMILES string of the molecule is Nc1nc(P(S)S)nc(P(S)S)n1. The molecular formula is C3H6N4P2S4. The maximum absolute atomic E-state index is 5.46. The highest BCUT2D eigenvalue weighted by Gasteiger charge is 2.12. The number of anilines is 1. The Bertz CT molecular complexity index is 281. The lowest BCUT2D eigenvalue weighted by Gasteiger charge is -2.06. The summed E-state index contributed by atoms with van der Waals surface area (Å²) in [4.78, 5) is 11.9. The normalized spacial score (nSPS) is 11.2. The molecule has 0 spiro atoms. The van der Waals surface area contributed by atoms with Gasteiger partial charge in [-0.05, 0) is 0 Å². The summed E-state index contributed by atoms with van der Waals surface area (Å²) in [6, 6.07) is 0. The summed E-state index contributed by atoms with van der Waals surface area (Å²) in [5.74, 6) is 0.159. The molecule has 13 heavy (non-hydrogen) atoms. The molecule has 1 heterocycles. The predicted octanol–water partition coefficient (Wildman–Crippen LogP) is 1.05. The maximum Gasteiger partial charge on any atom is 0.224 e. The van der Waals surface area contributed by atoms with Crippen molar-refractivity contribution in [1.82, 2.24) is 15.0 Å². The van der Waals surface area contributed by atoms with Gasteiger partial charge >= 0.3 is 0 Å². The molecular weight excluding hydrogens is 282 g/mol. The zero-order valence-corrected chi connectivity index (χ0v) is 11.5. The molecule has 0 aromatic carbocycles. The first-order valence-electron chi connectivity index (χ1n) is 2.88. The van der Waals surface area contributed by atoms with E-state index in [9.17, 15) is 0 Å². The Hall–Kier alpha value is 1.07. The summed E-state index contributed by atoms with van der Waals surface area (Å²) in [6.07, 6.45) is -1.93. The van der Waals surface area contributed by atoms with Crippen LogP contribution in [-0.2, 0) is 0 Å². The molecule has 4 nitrogen and oxygen atoms in total. The van der Waals surface area contributed by atoms with E-state index in [-0.39, 0.29) is 5.95 Å². The zero-order valence-electron chi connectivity index (χ0n) is 6.10. The standard InChI is InChI=1S/C3H6N4P2S4/c4-1-5-2(8(10)11)7-3(6-1)9(12)13/h10-13H,(H2,4,5,6,7). The first kappa shape index (κ1) is 12.1. The molecule has 0 radical (unpaired) electrons. The van der Waals surface area contributed by atoms with Crippen molar-refractivity contribution in [2.75, 3.05) is 5.73 Å². The van der Waals surface area contributed by atoms with Crippen molar-refractivity contribution in [2.24, 2.45) is 0 Å². The number of thiol groups is 4. The molecule has 0 amide bonds. The average Bonchev–Trinajstić information content (AvgIpc) is 2.03. The molecule has 10 heteroatoms. The summed E-state index contributed by atoms with van der Waals surface area (Å²) in [6.45, 7) is 0. The second-order valence-electron chi connectivity index (χ2n) is 1.87. The highest BCUT2D eigenvalue weighted by Crippen LogP contribution is 2.45. The van der Waals surface area contributed by atoms with E-state index in [1.165, 1.54) is 0 Å². The molecule has 72 valence electrons. The van der Waals surface area contributed by atoms with Crippen LogP contribution in [0.15, 0.2) is 0 Å². The second kappa shape index (κ2) is 5.24. The van der Waals surface area contributed by atoms with Gasteiger partial charge in [-0.15, -0.1) is 49.0 Å². The van der Waals surface area contributed by atoms with Gasteiger partial charge in [0.15, 0.2) is 11.1 Å². The van der Waals surface area contributed by atoms with Gasteiger partial charge in [0.05, 0.1) is 12.7 Å². The van der Waals surface area contributed by atoms with Crippen molar-refractivity contribution < 1.29 is 0 Å². The molecule has 0 aliphatic rings. The Morgan fingerprint density at radius 1 is 0.846 bits per heavy atom. The summed E-state index contributed by atoms with van der Waals surface area (Å²) in [5, 5.41) is 0. The van der Waals surface area contributed by atoms with Gasteiger partial charge in [-0.3, -0.25) is 0 Å². The van der Waals surface area contributed by atoms with Crippen LogP contribution in [0.5, 0.6) is 0 Å². The number of nitrogens with zero attached hydrogens (tertiary/aromatic N) is 3. The van der Waals surface area contributed by atoms with Gasteiger partial charge in [0, 0.05) is 0 Å². The maximum atomic E-state index is 5.46. The van der Waals surface area contributed by atoms with Crippen LogP contribution >= 0.6 is 61.6 Å². The van der Waals surface area contributed by atoms with Crippen LogP contribution in [0.1, 0.15) is 0 Å². The molecule has 1 aromatic rings. The number of nitrogens with two attached hydrogens (primary N) is 1. The second-order valence-corrected chi connectivity index (χ2v) is 10.5. The van der Waals surface area contributed by atoms with Gasteiger partial charge in [-0.25, -0.2) is 4.98 Å². The lowest BCUT2D eigenvalue weighted by atomic mass is 11.0. The molecule has 1 rings (SSSR count). The lowest BCUT2D eigenvalue weighted by molar-refractivity contribution is 1.16. The minimum Gasteiger partial charge on any atom is -0.368 e. The molecule has 1 aromatic heterocycles. The van der Waals surface area contributed by atoms with E-state index < -0.39 is 12.7 Å². The predicted molar refractivity (Wildman–Crippen MR) is 73.3 cm³/mol. The molecule has 0 saturated heterocycles. The van der Waals surface area contributed by atoms with Crippen LogP contribution in [0.25, 0.3) is 0 Å². The molecule has 0 atom stereocenters. The molecule has 0 aliphatic carbocycles. The third-order valence-corrected chi connectivity index (χ3v) is 4.25. The largest absolute Gasteiger partial charge is 0.368 e. The fourth-order valence-corrected chi connectivity index (χ4v) is 2.45. The van der Waals surface area contributed by atoms with Crippen LogP contribution in [0.4, 0.5) is 5.95 Å². The minimum absolute atomic E-state index is 0.159. The number of nitrogen functional groups attached to an aromatic ring is 1. The third kappa shape index (κ3) is 3.61. The molecule has 0 bridgehead atoms. The van der Waals surface area contributed by atoms with E-state index in [1.807, 2.05) is 0 Å². The quantitative estimate of drug-likeness (QED) is 0.417. The highest BCUT2D eigenvalue weighted by molar-refractivity contribution is 8.80. The summed E-state index contributed by atoms with van der Waals surface area (Å²) >= 11 is 16.5. The molecule has 2 N–H and O–H groups in total. The van der Waals surface area contributed by atoms with Crippen LogP contribution in [-0.4, -0.2) is 15.0 Å². The monoisotopic (exact) mass is 288 g/mol. The van der Waals surface area contributed by atoms with Crippen LogP contribution < -0.4 is 16.9 Å². The van der Waals surface area contributed by atoms with Crippen molar-refractivity contribution in [3.63, 3.8) is 0 Å². The fourth-order valence-electron chi connectivity index (χ4n) is 0.548. The molecule has 0 saturated carbocycles. The van der Waals surface area contributed by atoms with Gasteiger partial charge in [0.25, 0.3) is 0 Å².